The van der Waals surface area contributed by atoms with Gasteiger partial charge in [0, 0.05) is 17.1 Å². The van der Waals surface area contributed by atoms with Crippen LogP contribution in [-0.4, -0.2) is 5.76 Å². The van der Waals surface area contributed by atoms with E-state index in [1.807, 2.05) is 0 Å². The Morgan fingerprint density at radius 3 is 2.25 bits per heavy atom. The van der Waals surface area contributed by atoms with E-state index in [0.717, 1.165) is 12.1 Å². The normalized spacial score (nSPS) is 10.8. The van der Waals surface area contributed by atoms with Crippen LogP contribution in [0.5, 0.6) is 0 Å². The first-order valence-corrected chi connectivity index (χ1v) is 6.65. The molecule has 1 nitrogen and oxygen atoms in total. The van der Waals surface area contributed by atoms with Crippen molar-refractivity contribution >= 4 is 17.4 Å². The lowest BCUT2D eigenvalue weighted by Crippen LogP contribution is -2.00. The van der Waals surface area contributed by atoms with E-state index >= 15 is 0 Å². The van der Waals surface area contributed by atoms with Crippen molar-refractivity contribution in [2.24, 2.45) is 0 Å². The number of halogens is 4. The van der Waals surface area contributed by atoms with Crippen LogP contribution in [0.1, 0.15) is 5.56 Å². The third kappa shape index (κ3) is 4.16. The molecule has 0 heterocycles. The van der Waals surface area contributed by atoms with Crippen molar-refractivity contribution in [3.63, 3.8) is 0 Å². The molecule has 2 aromatic rings. The van der Waals surface area contributed by atoms with Crippen LogP contribution in [-0.2, 0) is 6.54 Å². The molecule has 2 aromatic carbocycles. The van der Waals surface area contributed by atoms with Crippen molar-refractivity contribution in [3.8, 4) is 0 Å². The van der Waals surface area contributed by atoms with Crippen molar-refractivity contribution in [2.45, 2.75) is 17.2 Å². The predicted octanol–water partition coefficient (Wildman–Crippen LogP) is 4.89. The molecule has 0 radical (unpaired) electrons. The molecule has 2 rings (SSSR count). The predicted molar refractivity (Wildman–Crippen MR) is 72.0 cm³/mol. The molecular weight excluding hydrogens is 290 g/mol. The average molecular weight is 301 g/mol. The summed E-state index contributed by atoms with van der Waals surface area (Å²) >= 11 is 0.473. The van der Waals surface area contributed by atoms with E-state index in [1.54, 1.807) is 24.3 Å². The van der Waals surface area contributed by atoms with E-state index in [0.29, 0.717) is 34.5 Å². The highest BCUT2D eigenvalue weighted by Crippen LogP contribution is 2.26. The molecule has 1 N–H and O–H groups in total. The van der Waals surface area contributed by atoms with Crippen LogP contribution in [0, 0.1) is 11.6 Å². The highest BCUT2D eigenvalue weighted by atomic mass is 32.2. The molecule has 20 heavy (non-hydrogen) atoms. The van der Waals surface area contributed by atoms with Crippen molar-refractivity contribution in [2.75, 3.05) is 5.32 Å². The van der Waals surface area contributed by atoms with Crippen LogP contribution in [0.25, 0.3) is 0 Å². The molecule has 6 heteroatoms. The maximum absolute atomic E-state index is 13.0. The SMILES string of the molecule is Fc1ccc(CNc2ccc(SC(F)F)cc2)cc1F. The van der Waals surface area contributed by atoms with Crippen LogP contribution < -0.4 is 5.32 Å². The monoisotopic (exact) mass is 301 g/mol. The fourth-order valence-electron chi connectivity index (χ4n) is 1.61. The van der Waals surface area contributed by atoms with Crippen LogP contribution in [0.2, 0.25) is 0 Å². The molecule has 0 saturated carbocycles. The number of hydrogen-bond donors (Lipinski definition) is 1. The van der Waals surface area contributed by atoms with Crippen molar-refractivity contribution in [1.29, 1.82) is 0 Å². The lowest BCUT2D eigenvalue weighted by atomic mass is 10.2. The topological polar surface area (TPSA) is 12.0 Å². The molecule has 0 aliphatic carbocycles. The lowest BCUT2D eigenvalue weighted by molar-refractivity contribution is 0.252. The van der Waals surface area contributed by atoms with E-state index in [2.05, 4.69) is 5.32 Å². The Labute approximate surface area is 118 Å². The van der Waals surface area contributed by atoms with Gasteiger partial charge in [0.2, 0.25) is 0 Å². The minimum Gasteiger partial charge on any atom is -0.381 e. The van der Waals surface area contributed by atoms with Crippen molar-refractivity contribution in [3.05, 3.63) is 59.7 Å². The van der Waals surface area contributed by atoms with Gasteiger partial charge in [-0.05, 0) is 42.0 Å². The molecule has 0 aromatic heterocycles. The Kier molecular flexibility index (Phi) is 4.89. The third-order valence-corrected chi connectivity index (χ3v) is 3.28. The standard InChI is InChI=1S/C14H11F4NS/c15-12-6-1-9(7-13(12)16)8-19-10-2-4-11(5-3-10)20-14(17)18/h1-7,14,19H,8H2. The minimum atomic E-state index is -2.45. The number of anilines is 1. The van der Waals surface area contributed by atoms with Gasteiger partial charge in [0.05, 0.1) is 0 Å². The average Bonchev–Trinajstić information content (AvgIpc) is 2.41. The van der Waals surface area contributed by atoms with Gasteiger partial charge in [0.1, 0.15) is 0 Å². The molecule has 0 spiro atoms. The summed E-state index contributed by atoms with van der Waals surface area (Å²) < 4.78 is 50.0. The largest absolute Gasteiger partial charge is 0.381 e. The Morgan fingerprint density at radius 1 is 0.950 bits per heavy atom. The highest BCUT2D eigenvalue weighted by Gasteiger charge is 2.05. The van der Waals surface area contributed by atoms with Gasteiger partial charge < -0.3 is 5.32 Å². The van der Waals surface area contributed by atoms with Gasteiger partial charge in [0.15, 0.2) is 11.6 Å². The van der Waals surface area contributed by atoms with Crippen LogP contribution in [0.3, 0.4) is 0 Å². The molecule has 0 saturated heterocycles. The first-order chi connectivity index (χ1) is 9.54. The maximum Gasteiger partial charge on any atom is 0.288 e. The lowest BCUT2D eigenvalue weighted by Gasteiger charge is -2.08. The first kappa shape index (κ1) is 14.7. The number of hydrogen-bond acceptors (Lipinski definition) is 2. The molecule has 0 bridgehead atoms. The summed E-state index contributed by atoms with van der Waals surface area (Å²) in [6.07, 6.45) is 0. The van der Waals surface area contributed by atoms with Gasteiger partial charge in [-0.2, -0.15) is 8.78 Å². The summed E-state index contributed by atoms with van der Waals surface area (Å²) in [4.78, 5) is 0.471. The highest BCUT2D eigenvalue weighted by molar-refractivity contribution is 7.99. The molecule has 0 aliphatic rings. The molecule has 0 unspecified atom stereocenters. The summed E-state index contributed by atoms with van der Waals surface area (Å²) in [6, 6.07) is 10.1. The fraction of sp³-hybridized carbons (Fsp3) is 0.143. The maximum atomic E-state index is 13.0. The smallest absolute Gasteiger partial charge is 0.288 e. The van der Waals surface area contributed by atoms with Crippen molar-refractivity contribution in [1.82, 2.24) is 0 Å². The number of benzene rings is 2. The van der Waals surface area contributed by atoms with E-state index in [9.17, 15) is 17.6 Å². The van der Waals surface area contributed by atoms with Gasteiger partial charge >= 0.3 is 0 Å². The Balaban J connectivity index is 1.95. The number of thioether (sulfide) groups is 1. The fourth-order valence-corrected chi connectivity index (χ4v) is 2.11. The van der Waals surface area contributed by atoms with Gasteiger partial charge in [0.25, 0.3) is 5.76 Å². The summed E-state index contributed by atoms with van der Waals surface area (Å²) in [5.41, 5.74) is 1.31. The quantitative estimate of drug-likeness (QED) is 0.623. The summed E-state index contributed by atoms with van der Waals surface area (Å²) in [5, 5.41) is 3.00. The number of alkyl halides is 2. The van der Waals surface area contributed by atoms with Gasteiger partial charge in [-0.3, -0.25) is 0 Å². The van der Waals surface area contributed by atoms with Crippen LogP contribution >= 0.6 is 11.8 Å². The second kappa shape index (κ2) is 6.65. The van der Waals surface area contributed by atoms with Crippen LogP contribution in [0.15, 0.2) is 47.4 Å². The zero-order valence-electron chi connectivity index (χ0n) is 10.2. The molecule has 0 atom stereocenters. The summed E-state index contributed by atoms with van der Waals surface area (Å²) in [5.74, 6) is -4.23. The first-order valence-electron chi connectivity index (χ1n) is 5.77. The zero-order valence-corrected chi connectivity index (χ0v) is 11.1. The Bertz CT molecular complexity index is 572. The summed E-state index contributed by atoms with van der Waals surface area (Å²) in [6.45, 7) is 0.318. The molecular formula is C14H11F4NS. The van der Waals surface area contributed by atoms with Gasteiger partial charge in [-0.1, -0.05) is 17.8 Å². The molecule has 0 aliphatic heterocycles. The minimum absolute atomic E-state index is 0.318. The van der Waals surface area contributed by atoms with E-state index in [4.69, 9.17) is 0 Å². The van der Waals surface area contributed by atoms with E-state index < -0.39 is 17.4 Å². The zero-order chi connectivity index (χ0) is 14.5. The molecule has 106 valence electrons. The van der Waals surface area contributed by atoms with Crippen LogP contribution in [0.4, 0.5) is 23.2 Å². The molecule has 0 fully saturated rings. The Morgan fingerprint density at radius 2 is 1.65 bits per heavy atom. The van der Waals surface area contributed by atoms with Gasteiger partial charge in [-0.25, -0.2) is 8.78 Å². The number of nitrogens with one attached hydrogen (secondary N) is 1. The van der Waals surface area contributed by atoms with E-state index in [1.165, 1.54) is 6.07 Å². The Hall–Kier alpha value is -1.69. The second-order valence-corrected chi connectivity index (χ2v) is 5.07. The van der Waals surface area contributed by atoms with E-state index in [-0.39, 0.29) is 0 Å². The van der Waals surface area contributed by atoms with Crippen molar-refractivity contribution < 1.29 is 17.6 Å². The molecule has 0 amide bonds. The van der Waals surface area contributed by atoms with Gasteiger partial charge in [-0.15, -0.1) is 0 Å². The second-order valence-electron chi connectivity index (χ2n) is 4.00. The third-order valence-electron chi connectivity index (χ3n) is 2.56. The number of rotatable bonds is 5. The summed E-state index contributed by atoms with van der Waals surface area (Å²) in [7, 11) is 0.